The normalized spacial score (nSPS) is 22.1. The molecule has 1 atom stereocenters. The Balaban J connectivity index is 0.000000298. The predicted octanol–water partition coefficient (Wildman–Crippen LogP) is 2.68. The van der Waals surface area contributed by atoms with Crippen LogP contribution in [-0.2, 0) is 20.8 Å². The van der Waals surface area contributed by atoms with Gasteiger partial charge < -0.3 is 24.1 Å². The van der Waals surface area contributed by atoms with Crippen LogP contribution >= 0.6 is 0 Å². The molecule has 1 aromatic carbocycles. The van der Waals surface area contributed by atoms with E-state index in [-0.39, 0.29) is 5.60 Å². The zero-order chi connectivity index (χ0) is 21.1. The van der Waals surface area contributed by atoms with Gasteiger partial charge in [0, 0.05) is 38.8 Å². The van der Waals surface area contributed by atoms with Gasteiger partial charge in [0.25, 0.3) is 0 Å². The summed E-state index contributed by atoms with van der Waals surface area (Å²) in [4.78, 5) is 11.3. The lowest BCUT2D eigenvalue weighted by atomic mass is 9.81. The second-order valence-corrected chi connectivity index (χ2v) is 7.19. The van der Waals surface area contributed by atoms with Crippen LogP contribution in [-0.4, -0.2) is 67.5 Å². The highest BCUT2D eigenvalue weighted by Gasteiger charge is 2.52. The summed E-state index contributed by atoms with van der Waals surface area (Å²) in [6.07, 6.45) is -3.96. The molecule has 1 spiro atoms. The summed E-state index contributed by atoms with van der Waals surface area (Å²) >= 11 is 0. The molecule has 0 aromatic heterocycles. The maximum Gasteiger partial charge on any atom is 0.490 e. The summed E-state index contributed by atoms with van der Waals surface area (Å²) in [5.41, 5.74) is 1.30. The van der Waals surface area contributed by atoms with Crippen LogP contribution in [0, 0.1) is 5.92 Å². The molecule has 2 fully saturated rings. The van der Waals surface area contributed by atoms with Gasteiger partial charge in [-0.3, -0.25) is 4.90 Å². The van der Waals surface area contributed by atoms with Crippen molar-refractivity contribution >= 4 is 5.97 Å². The van der Waals surface area contributed by atoms with Crippen molar-refractivity contribution in [3.05, 3.63) is 23.8 Å². The number of benzene rings is 1. The molecule has 0 aliphatic carbocycles. The van der Waals surface area contributed by atoms with E-state index in [1.165, 1.54) is 5.56 Å². The summed E-state index contributed by atoms with van der Waals surface area (Å²) in [7, 11) is 0. The van der Waals surface area contributed by atoms with Crippen LogP contribution in [0.2, 0.25) is 0 Å². The first-order chi connectivity index (χ1) is 13.7. The van der Waals surface area contributed by atoms with Gasteiger partial charge in [-0.05, 0) is 31.0 Å². The number of ether oxygens (including phenoxy) is 4. The Morgan fingerprint density at radius 2 is 2.00 bits per heavy atom. The Labute approximate surface area is 166 Å². The van der Waals surface area contributed by atoms with Gasteiger partial charge in [-0.1, -0.05) is 6.07 Å². The Bertz CT molecular complexity index is 720. The molecule has 7 nitrogen and oxygen atoms in total. The maximum atomic E-state index is 10.6. The Kier molecular flexibility index (Phi) is 6.55. The van der Waals surface area contributed by atoms with E-state index in [0.717, 1.165) is 57.4 Å². The largest absolute Gasteiger partial charge is 0.490 e. The van der Waals surface area contributed by atoms with Crippen molar-refractivity contribution < 1.29 is 42.0 Å². The molecule has 3 heterocycles. The van der Waals surface area contributed by atoms with Gasteiger partial charge in [0.1, 0.15) is 0 Å². The van der Waals surface area contributed by atoms with Gasteiger partial charge in [-0.2, -0.15) is 13.2 Å². The summed E-state index contributed by atoms with van der Waals surface area (Å²) in [5, 5.41) is 7.12. The second-order valence-electron chi connectivity index (χ2n) is 7.19. The van der Waals surface area contributed by atoms with Crippen LogP contribution in [0.15, 0.2) is 18.2 Å². The van der Waals surface area contributed by atoms with E-state index in [4.69, 9.17) is 28.8 Å². The summed E-state index contributed by atoms with van der Waals surface area (Å²) in [6.45, 7) is 7.80. The first-order valence-corrected chi connectivity index (χ1v) is 9.36. The molecular weight excluding hydrogens is 395 g/mol. The van der Waals surface area contributed by atoms with Crippen molar-refractivity contribution in [2.45, 2.75) is 31.7 Å². The fraction of sp³-hybridized carbons (Fsp3) is 0.632. The number of likely N-dealkylation sites (tertiary alicyclic amines) is 1. The first kappa shape index (κ1) is 21.7. The van der Waals surface area contributed by atoms with Crippen LogP contribution in [0.5, 0.6) is 11.5 Å². The number of carboxylic acids is 1. The van der Waals surface area contributed by atoms with Crippen LogP contribution in [0.3, 0.4) is 0 Å². The van der Waals surface area contributed by atoms with E-state index in [1.807, 2.05) is 6.07 Å². The molecule has 2 saturated heterocycles. The predicted molar refractivity (Wildman–Crippen MR) is 94.8 cm³/mol. The topological polar surface area (TPSA) is 77.5 Å². The number of carbonyl (C=O) groups is 1. The van der Waals surface area contributed by atoms with E-state index < -0.39 is 12.1 Å². The molecule has 4 rings (SSSR count). The van der Waals surface area contributed by atoms with Gasteiger partial charge in [0.05, 0.1) is 12.2 Å². The number of aliphatic carboxylic acids is 1. The fourth-order valence-electron chi connectivity index (χ4n) is 3.75. The molecule has 10 heteroatoms. The van der Waals surface area contributed by atoms with Gasteiger partial charge in [-0.15, -0.1) is 0 Å². The second kappa shape index (κ2) is 8.76. The molecule has 1 N–H and O–H groups in total. The Hall–Kier alpha value is -2.04. The number of carboxylic acid groups (broad SMARTS) is 1. The van der Waals surface area contributed by atoms with Crippen molar-refractivity contribution in [1.29, 1.82) is 0 Å². The number of rotatable bonds is 5. The number of alkyl halides is 3. The molecular formula is C19H24F3NO6. The van der Waals surface area contributed by atoms with Gasteiger partial charge >= 0.3 is 12.1 Å². The number of hydrogen-bond acceptors (Lipinski definition) is 6. The van der Waals surface area contributed by atoms with Crippen LogP contribution in [0.4, 0.5) is 13.2 Å². The SMILES string of the molecule is CCOCC1CCOC12CN(Cc1ccc3c(c1)OCO3)C2.O=C(O)C(F)(F)F. The van der Waals surface area contributed by atoms with Crippen molar-refractivity contribution in [3.8, 4) is 11.5 Å². The monoisotopic (exact) mass is 419 g/mol. The lowest BCUT2D eigenvalue weighted by Crippen LogP contribution is -2.64. The highest BCUT2D eigenvalue weighted by molar-refractivity contribution is 5.73. The number of hydrogen-bond donors (Lipinski definition) is 1. The maximum absolute atomic E-state index is 10.6. The minimum absolute atomic E-state index is 0.0332. The quantitative estimate of drug-likeness (QED) is 0.786. The molecule has 0 saturated carbocycles. The van der Waals surface area contributed by atoms with Gasteiger partial charge in [0.15, 0.2) is 11.5 Å². The molecule has 0 bridgehead atoms. The smallest absolute Gasteiger partial charge is 0.475 e. The Morgan fingerprint density at radius 1 is 1.31 bits per heavy atom. The van der Waals surface area contributed by atoms with E-state index in [0.29, 0.717) is 12.7 Å². The van der Waals surface area contributed by atoms with Gasteiger partial charge in [-0.25, -0.2) is 4.79 Å². The summed E-state index contributed by atoms with van der Waals surface area (Å²) < 4.78 is 54.2. The van der Waals surface area contributed by atoms with Crippen LogP contribution in [0.1, 0.15) is 18.9 Å². The molecule has 3 aliphatic heterocycles. The zero-order valence-corrected chi connectivity index (χ0v) is 16.0. The highest BCUT2D eigenvalue weighted by Crippen LogP contribution is 2.41. The molecule has 1 unspecified atom stereocenters. The van der Waals surface area contributed by atoms with Crippen LogP contribution < -0.4 is 9.47 Å². The van der Waals surface area contributed by atoms with E-state index in [9.17, 15) is 13.2 Å². The molecule has 0 radical (unpaired) electrons. The van der Waals surface area contributed by atoms with Crippen LogP contribution in [0.25, 0.3) is 0 Å². The minimum Gasteiger partial charge on any atom is -0.475 e. The van der Waals surface area contributed by atoms with Gasteiger partial charge in [0.2, 0.25) is 6.79 Å². The first-order valence-electron chi connectivity index (χ1n) is 9.36. The van der Waals surface area contributed by atoms with Crippen molar-refractivity contribution in [3.63, 3.8) is 0 Å². The average molecular weight is 419 g/mol. The fourth-order valence-corrected chi connectivity index (χ4v) is 3.75. The van der Waals surface area contributed by atoms with E-state index in [1.54, 1.807) is 0 Å². The summed E-state index contributed by atoms with van der Waals surface area (Å²) in [6, 6.07) is 6.20. The summed E-state index contributed by atoms with van der Waals surface area (Å²) in [5.74, 6) is -0.508. The molecule has 162 valence electrons. The van der Waals surface area contributed by atoms with E-state index >= 15 is 0 Å². The molecule has 3 aliphatic rings. The minimum atomic E-state index is -5.08. The Morgan fingerprint density at radius 3 is 2.66 bits per heavy atom. The molecule has 0 amide bonds. The average Bonchev–Trinajstić information content (AvgIpc) is 3.25. The lowest BCUT2D eigenvalue weighted by Gasteiger charge is -2.50. The van der Waals surface area contributed by atoms with Crippen molar-refractivity contribution in [2.24, 2.45) is 5.92 Å². The highest BCUT2D eigenvalue weighted by atomic mass is 19.4. The molecule has 29 heavy (non-hydrogen) atoms. The van der Waals surface area contributed by atoms with Crippen molar-refractivity contribution in [2.75, 3.05) is 39.7 Å². The third-order valence-corrected chi connectivity index (χ3v) is 5.19. The number of fused-ring (bicyclic) bond motifs is 1. The number of nitrogens with zero attached hydrogens (tertiary/aromatic N) is 1. The third kappa shape index (κ3) is 5.12. The zero-order valence-electron chi connectivity index (χ0n) is 16.0. The van der Waals surface area contributed by atoms with Crippen molar-refractivity contribution in [1.82, 2.24) is 4.90 Å². The molecule has 1 aromatic rings. The standard InChI is InChI=1S/C17H23NO4.C2HF3O2/c1-2-19-9-14-5-6-22-17(14)10-18(11-17)8-13-3-4-15-16(7-13)21-12-20-15;3-2(4,5)1(6)7/h3-4,7,14H,2,5-6,8-12H2,1H3;(H,6,7). The number of halogens is 3. The van der Waals surface area contributed by atoms with E-state index in [2.05, 4.69) is 24.0 Å². The lowest BCUT2D eigenvalue weighted by molar-refractivity contribution is -0.192. The third-order valence-electron chi connectivity index (χ3n) is 5.19.